The van der Waals surface area contributed by atoms with E-state index in [1.165, 1.54) is 12.1 Å². The highest BCUT2D eigenvalue weighted by Gasteiger charge is 2.30. The Morgan fingerprint density at radius 3 is 2.88 bits per heavy atom. The fourth-order valence-electron chi connectivity index (χ4n) is 2.47. The summed E-state index contributed by atoms with van der Waals surface area (Å²) >= 11 is 0. The third-order valence-electron chi connectivity index (χ3n) is 3.46. The third kappa shape index (κ3) is 3.27. The van der Waals surface area contributed by atoms with Crippen LogP contribution in [-0.4, -0.2) is 12.7 Å². The van der Waals surface area contributed by atoms with Gasteiger partial charge in [-0.3, -0.25) is 0 Å². The monoisotopic (exact) mass is 237 g/mol. The highest BCUT2D eigenvalue weighted by Crippen LogP contribution is 2.36. The van der Waals surface area contributed by atoms with Gasteiger partial charge in [-0.1, -0.05) is 12.1 Å². The maximum Gasteiger partial charge on any atom is 0.123 e. The molecule has 3 heteroatoms. The molecule has 1 unspecified atom stereocenters. The Labute approximate surface area is 102 Å². The molecular formula is C14H20FNO. The summed E-state index contributed by atoms with van der Waals surface area (Å²) in [6.45, 7) is 2.80. The maximum atomic E-state index is 13.0. The molecule has 1 aromatic rings. The summed E-state index contributed by atoms with van der Waals surface area (Å²) in [7, 11) is 0. The van der Waals surface area contributed by atoms with Gasteiger partial charge in [0.1, 0.15) is 5.82 Å². The van der Waals surface area contributed by atoms with Crippen molar-refractivity contribution in [3.63, 3.8) is 0 Å². The van der Waals surface area contributed by atoms with Gasteiger partial charge in [0.15, 0.2) is 0 Å². The highest BCUT2D eigenvalue weighted by molar-refractivity contribution is 5.19. The number of rotatable bonds is 5. The molecule has 0 amide bonds. The standard InChI is InChI=1S/C14H20FNO/c1-2-17-13-6-10(7-13)8-14(16)11-4-3-5-12(15)9-11/h3-5,9-10,13-14H,2,6-8,16H2,1H3. The first-order valence-corrected chi connectivity index (χ1v) is 6.31. The Bertz CT molecular complexity index is 363. The van der Waals surface area contributed by atoms with Crippen molar-refractivity contribution in [1.29, 1.82) is 0 Å². The van der Waals surface area contributed by atoms with Gasteiger partial charge < -0.3 is 10.5 Å². The lowest BCUT2D eigenvalue weighted by Crippen LogP contribution is -2.33. The zero-order valence-electron chi connectivity index (χ0n) is 10.2. The molecule has 0 heterocycles. The molecule has 0 aromatic heterocycles. The topological polar surface area (TPSA) is 35.2 Å². The van der Waals surface area contributed by atoms with Crippen LogP contribution in [0.25, 0.3) is 0 Å². The average molecular weight is 237 g/mol. The minimum absolute atomic E-state index is 0.0572. The number of halogens is 1. The number of hydrogen-bond acceptors (Lipinski definition) is 2. The van der Waals surface area contributed by atoms with Crippen LogP contribution in [0, 0.1) is 11.7 Å². The van der Waals surface area contributed by atoms with E-state index in [9.17, 15) is 4.39 Å². The minimum Gasteiger partial charge on any atom is -0.378 e. The fourth-order valence-corrected chi connectivity index (χ4v) is 2.47. The Balaban J connectivity index is 1.80. The van der Waals surface area contributed by atoms with Crippen LogP contribution in [0.5, 0.6) is 0 Å². The minimum atomic E-state index is -0.209. The molecule has 2 N–H and O–H groups in total. The fraction of sp³-hybridized carbons (Fsp3) is 0.571. The van der Waals surface area contributed by atoms with E-state index in [-0.39, 0.29) is 11.9 Å². The molecule has 1 saturated carbocycles. The molecule has 0 radical (unpaired) electrons. The van der Waals surface area contributed by atoms with Gasteiger partial charge in [-0.2, -0.15) is 0 Å². The molecule has 0 bridgehead atoms. The first kappa shape index (κ1) is 12.5. The molecular weight excluding hydrogens is 217 g/mol. The van der Waals surface area contributed by atoms with Crippen molar-refractivity contribution < 1.29 is 9.13 Å². The van der Waals surface area contributed by atoms with E-state index < -0.39 is 0 Å². The van der Waals surface area contributed by atoms with Crippen molar-refractivity contribution in [2.24, 2.45) is 11.7 Å². The summed E-state index contributed by atoms with van der Waals surface area (Å²) in [5, 5.41) is 0. The molecule has 94 valence electrons. The number of nitrogens with two attached hydrogens (primary N) is 1. The number of ether oxygens (including phenoxy) is 1. The van der Waals surface area contributed by atoms with Crippen LogP contribution in [0.3, 0.4) is 0 Å². The Kier molecular flexibility index (Phi) is 4.13. The molecule has 2 nitrogen and oxygen atoms in total. The summed E-state index contributed by atoms with van der Waals surface area (Å²) in [6.07, 6.45) is 3.53. The predicted molar refractivity (Wildman–Crippen MR) is 66.1 cm³/mol. The molecule has 0 saturated heterocycles. The molecule has 2 rings (SSSR count). The smallest absolute Gasteiger partial charge is 0.123 e. The zero-order chi connectivity index (χ0) is 12.3. The van der Waals surface area contributed by atoms with Crippen LogP contribution in [0.2, 0.25) is 0 Å². The lowest BCUT2D eigenvalue weighted by molar-refractivity contribution is -0.0282. The van der Waals surface area contributed by atoms with E-state index in [1.807, 2.05) is 13.0 Å². The van der Waals surface area contributed by atoms with E-state index in [2.05, 4.69) is 0 Å². The van der Waals surface area contributed by atoms with E-state index >= 15 is 0 Å². The predicted octanol–water partition coefficient (Wildman–Crippen LogP) is 3.03. The molecule has 0 spiro atoms. The van der Waals surface area contributed by atoms with Crippen molar-refractivity contribution in [3.05, 3.63) is 35.6 Å². The van der Waals surface area contributed by atoms with E-state index in [1.54, 1.807) is 6.07 Å². The van der Waals surface area contributed by atoms with E-state index in [0.717, 1.165) is 31.4 Å². The van der Waals surface area contributed by atoms with Crippen molar-refractivity contribution in [1.82, 2.24) is 0 Å². The van der Waals surface area contributed by atoms with Gasteiger partial charge in [-0.05, 0) is 49.8 Å². The first-order chi connectivity index (χ1) is 8.19. The SMILES string of the molecule is CCOC1CC(CC(N)c2cccc(F)c2)C1. The maximum absolute atomic E-state index is 13.0. The Hall–Kier alpha value is -0.930. The molecule has 1 aliphatic rings. The summed E-state index contributed by atoms with van der Waals surface area (Å²) < 4.78 is 18.6. The van der Waals surface area contributed by atoms with Gasteiger partial charge in [0, 0.05) is 12.6 Å². The number of hydrogen-bond donors (Lipinski definition) is 1. The van der Waals surface area contributed by atoms with E-state index in [4.69, 9.17) is 10.5 Å². The average Bonchev–Trinajstić information content (AvgIpc) is 2.26. The second kappa shape index (κ2) is 5.61. The second-order valence-corrected chi connectivity index (χ2v) is 4.81. The summed E-state index contributed by atoms with van der Waals surface area (Å²) in [5.41, 5.74) is 6.98. The van der Waals surface area contributed by atoms with Crippen LogP contribution in [-0.2, 0) is 4.74 Å². The van der Waals surface area contributed by atoms with Crippen molar-refractivity contribution in [3.8, 4) is 0 Å². The molecule has 0 aliphatic heterocycles. The Morgan fingerprint density at radius 2 is 2.24 bits per heavy atom. The van der Waals surface area contributed by atoms with Crippen LogP contribution in [0.15, 0.2) is 24.3 Å². The van der Waals surface area contributed by atoms with Gasteiger partial charge in [0.2, 0.25) is 0 Å². The Morgan fingerprint density at radius 1 is 1.47 bits per heavy atom. The van der Waals surface area contributed by atoms with Crippen molar-refractivity contribution >= 4 is 0 Å². The molecule has 1 atom stereocenters. The van der Waals surface area contributed by atoms with Crippen molar-refractivity contribution in [2.45, 2.75) is 38.3 Å². The summed E-state index contributed by atoms with van der Waals surface area (Å²) in [4.78, 5) is 0. The summed E-state index contributed by atoms with van der Waals surface area (Å²) in [6, 6.07) is 6.53. The zero-order valence-corrected chi connectivity index (χ0v) is 10.2. The highest BCUT2D eigenvalue weighted by atomic mass is 19.1. The van der Waals surface area contributed by atoms with Crippen LogP contribution >= 0.6 is 0 Å². The number of benzene rings is 1. The molecule has 1 aromatic carbocycles. The van der Waals surface area contributed by atoms with Gasteiger partial charge in [-0.15, -0.1) is 0 Å². The second-order valence-electron chi connectivity index (χ2n) is 4.81. The molecule has 1 aliphatic carbocycles. The molecule has 1 fully saturated rings. The lowest BCUT2D eigenvalue weighted by atomic mass is 9.77. The first-order valence-electron chi connectivity index (χ1n) is 6.31. The third-order valence-corrected chi connectivity index (χ3v) is 3.46. The van der Waals surface area contributed by atoms with Gasteiger partial charge in [0.25, 0.3) is 0 Å². The lowest BCUT2D eigenvalue weighted by Gasteiger charge is -2.36. The largest absolute Gasteiger partial charge is 0.378 e. The summed E-state index contributed by atoms with van der Waals surface area (Å²) in [5.74, 6) is 0.420. The van der Waals surface area contributed by atoms with Crippen LogP contribution < -0.4 is 5.73 Å². The van der Waals surface area contributed by atoms with Gasteiger partial charge in [0.05, 0.1) is 6.10 Å². The molecule has 17 heavy (non-hydrogen) atoms. The van der Waals surface area contributed by atoms with Crippen LogP contribution in [0.1, 0.15) is 37.8 Å². The van der Waals surface area contributed by atoms with E-state index in [0.29, 0.717) is 12.0 Å². The van der Waals surface area contributed by atoms with Crippen LogP contribution in [0.4, 0.5) is 4.39 Å². The van der Waals surface area contributed by atoms with Gasteiger partial charge in [-0.25, -0.2) is 4.39 Å². The van der Waals surface area contributed by atoms with Crippen molar-refractivity contribution in [2.75, 3.05) is 6.61 Å². The quantitative estimate of drug-likeness (QED) is 0.854. The van der Waals surface area contributed by atoms with Gasteiger partial charge >= 0.3 is 0 Å². The normalized spacial score (nSPS) is 25.4.